The van der Waals surface area contributed by atoms with Crippen LogP contribution in [-0.2, 0) is 11.2 Å². The molecule has 4 nitrogen and oxygen atoms in total. The molecule has 116 valence electrons. The van der Waals surface area contributed by atoms with Crippen LogP contribution in [0, 0.1) is 6.92 Å². The van der Waals surface area contributed by atoms with Crippen LogP contribution in [-0.4, -0.2) is 21.6 Å². The van der Waals surface area contributed by atoms with E-state index in [-0.39, 0.29) is 12.3 Å². The van der Waals surface area contributed by atoms with Crippen molar-refractivity contribution in [2.75, 3.05) is 0 Å². The first kappa shape index (κ1) is 15.3. The Kier molecular flexibility index (Phi) is 3.92. The number of carbonyl (C=O) groups is 2. The molecule has 0 aliphatic rings. The van der Waals surface area contributed by atoms with Crippen molar-refractivity contribution < 1.29 is 14.7 Å². The van der Waals surface area contributed by atoms with Gasteiger partial charge in [0.2, 0.25) is 0 Å². The molecule has 2 aromatic carbocycles. The minimum atomic E-state index is -0.945. The van der Waals surface area contributed by atoms with Gasteiger partial charge >= 0.3 is 5.97 Å². The van der Waals surface area contributed by atoms with Crippen molar-refractivity contribution in [2.24, 2.45) is 0 Å². The number of aliphatic carboxylic acids is 1. The SMILES string of the molecule is Cc1c(CC(=O)O)c2cc(Cl)ccc2n1C(=O)c1ccccc1. The molecule has 0 aliphatic carbocycles. The van der Waals surface area contributed by atoms with Crippen LogP contribution in [0.1, 0.15) is 21.6 Å². The molecule has 0 saturated carbocycles. The fourth-order valence-corrected chi connectivity index (χ4v) is 2.97. The van der Waals surface area contributed by atoms with Gasteiger partial charge in [-0.3, -0.25) is 14.2 Å². The highest BCUT2D eigenvalue weighted by Gasteiger charge is 2.21. The molecular weight excluding hydrogens is 314 g/mol. The minimum absolute atomic E-state index is 0.155. The van der Waals surface area contributed by atoms with Gasteiger partial charge in [-0.1, -0.05) is 29.8 Å². The van der Waals surface area contributed by atoms with Crippen molar-refractivity contribution in [3.8, 4) is 0 Å². The predicted octanol–water partition coefficient (Wildman–Crippen LogP) is 3.92. The van der Waals surface area contributed by atoms with Crippen LogP contribution in [0.4, 0.5) is 0 Å². The molecule has 5 heteroatoms. The fraction of sp³-hybridized carbons (Fsp3) is 0.111. The fourth-order valence-electron chi connectivity index (χ4n) is 2.80. The van der Waals surface area contributed by atoms with E-state index in [0.29, 0.717) is 32.7 Å². The normalized spacial score (nSPS) is 10.9. The van der Waals surface area contributed by atoms with Crippen molar-refractivity contribution in [1.82, 2.24) is 4.57 Å². The highest BCUT2D eigenvalue weighted by Crippen LogP contribution is 2.29. The molecule has 0 fully saturated rings. The Morgan fingerprint density at radius 3 is 2.48 bits per heavy atom. The largest absolute Gasteiger partial charge is 0.481 e. The van der Waals surface area contributed by atoms with Gasteiger partial charge in [0.25, 0.3) is 5.91 Å². The second-order valence-corrected chi connectivity index (χ2v) is 5.74. The minimum Gasteiger partial charge on any atom is -0.481 e. The van der Waals surface area contributed by atoms with Gasteiger partial charge in [0, 0.05) is 21.7 Å². The van der Waals surface area contributed by atoms with Gasteiger partial charge in [-0.15, -0.1) is 0 Å². The van der Waals surface area contributed by atoms with Gasteiger partial charge in [-0.25, -0.2) is 0 Å². The molecule has 0 saturated heterocycles. The summed E-state index contributed by atoms with van der Waals surface area (Å²) < 4.78 is 1.55. The number of hydrogen-bond donors (Lipinski definition) is 1. The Labute approximate surface area is 137 Å². The smallest absolute Gasteiger partial charge is 0.307 e. The second-order valence-electron chi connectivity index (χ2n) is 5.30. The number of benzene rings is 2. The van der Waals surface area contributed by atoms with Crippen LogP contribution in [0.3, 0.4) is 0 Å². The molecule has 0 aliphatic heterocycles. The summed E-state index contributed by atoms with van der Waals surface area (Å²) in [4.78, 5) is 24.0. The standard InChI is InChI=1S/C18H14ClNO3/c1-11-14(10-17(21)22)15-9-13(19)7-8-16(15)20(11)18(23)12-5-3-2-4-6-12/h2-9H,10H2,1H3,(H,21,22). The zero-order valence-electron chi connectivity index (χ0n) is 12.4. The number of rotatable bonds is 3. The monoisotopic (exact) mass is 327 g/mol. The highest BCUT2D eigenvalue weighted by molar-refractivity contribution is 6.31. The van der Waals surface area contributed by atoms with Crippen molar-refractivity contribution in [3.63, 3.8) is 0 Å². The van der Waals surface area contributed by atoms with E-state index in [9.17, 15) is 9.59 Å². The van der Waals surface area contributed by atoms with Crippen molar-refractivity contribution in [1.29, 1.82) is 0 Å². The number of carbonyl (C=O) groups excluding carboxylic acids is 1. The first-order valence-electron chi connectivity index (χ1n) is 7.10. The van der Waals surface area contributed by atoms with Crippen LogP contribution in [0.2, 0.25) is 5.02 Å². The molecule has 0 radical (unpaired) electrons. The Morgan fingerprint density at radius 1 is 1.13 bits per heavy atom. The lowest BCUT2D eigenvalue weighted by Gasteiger charge is -2.07. The number of carboxylic acid groups (broad SMARTS) is 1. The lowest BCUT2D eigenvalue weighted by molar-refractivity contribution is -0.136. The molecule has 23 heavy (non-hydrogen) atoms. The molecule has 0 amide bonds. The third-order valence-corrected chi connectivity index (χ3v) is 4.08. The summed E-state index contributed by atoms with van der Waals surface area (Å²) in [5.41, 5.74) is 2.44. The molecule has 0 bridgehead atoms. The van der Waals surface area contributed by atoms with Gasteiger partial charge in [0.15, 0.2) is 0 Å². The average molecular weight is 328 g/mol. The number of fused-ring (bicyclic) bond motifs is 1. The van der Waals surface area contributed by atoms with Gasteiger partial charge in [-0.05, 0) is 42.8 Å². The molecule has 0 atom stereocenters. The van der Waals surface area contributed by atoms with Gasteiger partial charge in [0.05, 0.1) is 11.9 Å². The van der Waals surface area contributed by atoms with E-state index in [4.69, 9.17) is 16.7 Å². The molecule has 0 unspecified atom stereocenters. The van der Waals surface area contributed by atoms with Crippen molar-refractivity contribution in [2.45, 2.75) is 13.3 Å². The molecular formula is C18H14ClNO3. The zero-order chi connectivity index (χ0) is 16.6. The van der Waals surface area contributed by atoms with E-state index < -0.39 is 5.97 Å². The predicted molar refractivity (Wildman–Crippen MR) is 89.2 cm³/mol. The van der Waals surface area contributed by atoms with Crippen molar-refractivity contribution >= 4 is 34.4 Å². The maximum atomic E-state index is 12.8. The van der Waals surface area contributed by atoms with Gasteiger partial charge in [-0.2, -0.15) is 0 Å². The van der Waals surface area contributed by atoms with Gasteiger partial charge in [0.1, 0.15) is 0 Å². The summed E-state index contributed by atoms with van der Waals surface area (Å²) in [6.45, 7) is 1.76. The van der Waals surface area contributed by atoms with Gasteiger partial charge < -0.3 is 5.11 Å². The molecule has 0 spiro atoms. The van der Waals surface area contributed by atoms with E-state index in [1.807, 2.05) is 6.07 Å². The second kappa shape index (κ2) is 5.89. The summed E-state index contributed by atoms with van der Waals surface area (Å²) in [5.74, 6) is -1.13. The Hall–Kier alpha value is -2.59. The Bertz CT molecular complexity index is 913. The Morgan fingerprint density at radius 2 is 1.83 bits per heavy atom. The van der Waals surface area contributed by atoms with E-state index >= 15 is 0 Å². The van der Waals surface area contributed by atoms with E-state index in [0.717, 1.165) is 0 Å². The summed E-state index contributed by atoms with van der Waals surface area (Å²) >= 11 is 6.04. The Balaban J connectivity index is 2.27. The van der Waals surface area contributed by atoms with E-state index in [1.54, 1.807) is 54.0 Å². The van der Waals surface area contributed by atoms with Crippen LogP contribution >= 0.6 is 11.6 Å². The number of hydrogen-bond acceptors (Lipinski definition) is 2. The number of aromatic nitrogens is 1. The van der Waals surface area contributed by atoms with Crippen LogP contribution in [0.25, 0.3) is 10.9 Å². The van der Waals surface area contributed by atoms with E-state index in [1.165, 1.54) is 0 Å². The quantitative estimate of drug-likeness (QED) is 0.793. The molecule has 1 heterocycles. The summed E-state index contributed by atoms with van der Waals surface area (Å²) in [6.07, 6.45) is -0.155. The van der Waals surface area contributed by atoms with Crippen LogP contribution in [0.5, 0.6) is 0 Å². The third kappa shape index (κ3) is 2.73. The highest BCUT2D eigenvalue weighted by atomic mass is 35.5. The average Bonchev–Trinajstić information content (AvgIpc) is 2.79. The lowest BCUT2D eigenvalue weighted by Crippen LogP contribution is -2.14. The third-order valence-electron chi connectivity index (χ3n) is 3.85. The first-order chi connectivity index (χ1) is 11.0. The topological polar surface area (TPSA) is 59.3 Å². The summed E-state index contributed by atoms with van der Waals surface area (Å²) in [7, 11) is 0. The maximum Gasteiger partial charge on any atom is 0.307 e. The number of nitrogens with zero attached hydrogens (tertiary/aromatic N) is 1. The first-order valence-corrected chi connectivity index (χ1v) is 7.48. The summed E-state index contributed by atoms with van der Waals surface area (Å²) in [6, 6.07) is 14.1. The molecule has 1 N–H and O–H groups in total. The molecule has 3 aromatic rings. The molecule has 1 aromatic heterocycles. The number of carboxylic acids is 1. The maximum absolute atomic E-state index is 12.8. The molecule has 3 rings (SSSR count). The van der Waals surface area contributed by atoms with Crippen molar-refractivity contribution in [3.05, 3.63) is 70.4 Å². The lowest BCUT2D eigenvalue weighted by atomic mass is 10.1. The van der Waals surface area contributed by atoms with E-state index in [2.05, 4.69) is 0 Å². The number of halogens is 1. The zero-order valence-corrected chi connectivity index (χ0v) is 13.2. The summed E-state index contributed by atoms with van der Waals surface area (Å²) in [5, 5.41) is 10.4. The van der Waals surface area contributed by atoms with Crippen LogP contribution in [0.15, 0.2) is 48.5 Å². The van der Waals surface area contributed by atoms with Crippen LogP contribution < -0.4 is 0 Å².